The highest BCUT2D eigenvalue weighted by atomic mass is 19.4. The SMILES string of the molecule is COCCN(Cc1ccccn1)C(=O)c1nn(-c2ccccc2C(F)(F)F)c(C)cc1=O. The van der Waals surface area contributed by atoms with Crippen molar-refractivity contribution in [3.8, 4) is 5.69 Å². The first-order chi connectivity index (χ1) is 15.2. The van der Waals surface area contributed by atoms with Crippen LogP contribution >= 0.6 is 0 Å². The van der Waals surface area contributed by atoms with E-state index >= 15 is 0 Å². The minimum atomic E-state index is -4.64. The monoisotopic (exact) mass is 446 g/mol. The molecule has 0 radical (unpaired) electrons. The summed E-state index contributed by atoms with van der Waals surface area (Å²) in [5, 5.41) is 4.04. The molecule has 3 rings (SSSR count). The molecule has 1 aromatic carbocycles. The van der Waals surface area contributed by atoms with Crippen molar-refractivity contribution in [1.29, 1.82) is 0 Å². The van der Waals surface area contributed by atoms with Gasteiger partial charge in [0.2, 0.25) is 5.43 Å². The van der Waals surface area contributed by atoms with E-state index in [9.17, 15) is 22.8 Å². The van der Waals surface area contributed by atoms with Crippen molar-refractivity contribution in [2.45, 2.75) is 19.6 Å². The van der Waals surface area contributed by atoms with E-state index in [1.54, 1.807) is 24.4 Å². The van der Waals surface area contributed by atoms with E-state index in [2.05, 4.69) is 10.1 Å². The van der Waals surface area contributed by atoms with E-state index in [1.165, 1.54) is 37.1 Å². The van der Waals surface area contributed by atoms with Crippen LogP contribution in [0.25, 0.3) is 5.69 Å². The molecule has 1 amide bonds. The third-order valence-electron chi connectivity index (χ3n) is 4.68. The van der Waals surface area contributed by atoms with Gasteiger partial charge in [0.25, 0.3) is 5.91 Å². The average molecular weight is 446 g/mol. The fraction of sp³-hybridized carbons (Fsp3) is 0.273. The van der Waals surface area contributed by atoms with Crippen LogP contribution in [0.1, 0.15) is 27.4 Å². The standard InChI is InChI=1S/C22H21F3N4O3/c1-15-13-19(30)20(27-29(15)18-9-4-3-8-17(18)22(23,24)25)21(31)28(11-12-32-2)14-16-7-5-6-10-26-16/h3-10,13H,11-12,14H2,1-2H3. The topological polar surface area (TPSA) is 77.3 Å². The second-order valence-corrected chi connectivity index (χ2v) is 6.97. The van der Waals surface area contributed by atoms with Crippen LogP contribution in [0.4, 0.5) is 13.2 Å². The Balaban J connectivity index is 2.06. The van der Waals surface area contributed by atoms with E-state index in [1.807, 2.05) is 0 Å². The summed E-state index contributed by atoms with van der Waals surface area (Å²) in [7, 11) is 1.47. The lowest BCUT2D eigenvalue weighted by Crippen LogP contribution is -2.38. The summed E-state index contributed by atoms with van der Waals surface area (Å²) in [5.41, 5.74) is -1.64. The number of aryl methyl sites for hydroxylation is 1. The van der Waals surface area contributed by atoms with E-state index in [0.717, 1.165) is 16.8 Å². The van der Waals surface area contributed by atoms with Crippen LogP contribution in [0.3, 0.4) is 0 Å². The Bertz CT molecular complexity index is 1150. The Morgan fingerprint density at radius 3 is 2.53 bits per heavy atom. The summed E-state index contributed by atoms with van der Waals surface area (Å²) < 4.78 is 46.6. The van der Waals surface area contributed by atoms with Crippen LogP contribution in [0, 0.1) is 6.92 Å². The molecule has 168 valence electrons. The maximum atomic E-state index is 13.5. The molecule has 2 heterocycles. The number of nitrogens with zero attached hydrogens (tertiary/aromatic N) is 4. The van der Waals surface area contributed by atoms with E-state index < -0.39 is 28.8 Å². The number of para-hydroxylation sites is 1. The van der Waals surface area contributed by atoms with Gasteiger partial charge in [0, 0.05) is 31.6 Å². The summed E-state index contributed by atoms with van der Waals surface area (Å²) >= 11 is 0. The van der Waals surface area contributed by atoms with Gasteiger partial charge in [0.05, 0.1) is 30.1 Å². The quantitative estimate of drug-likeness (QED) is 0.557. The maximum absolute atomic E-state index is 13.5. The first kappa shape index (κ1) is 23.1. The van der Waals surface area contributed by atoms with Gasteiger partial charge in [-0.2, -0.15) is 18.3 Å². The van der Waals surface area contributed by atoms with Gasteiger partial charge in [0.1, 0.15) is 0 Å². The molecule has 2 aromatic heterocycles. The molecule has 10 heteroatoms. The number of carbonyl (C=O) groups is 1. The number of carbonyl (C=O) groups excluding carboxylic acids is 1. The molecule has 3 aromatic rings. The largest absolute Gasteiger partial charge is 0.418 e. The molecule has 0 bridgehead atoms. The molecule has 0 atom stereocenters. The number of amides is 1. The first-order valence-electron chi connectivity index (χ1n) is 9.68. The van der Waals surface area contributed by atoms with Crippen LogP contribution in [-0.4, -0.2) is 45.8 Å². The first-order valence-corrected chi connectivity index (χ1v) is 9.68. The highest BCUT2D eigenvalue weighted by Gasteiger charge is 2.34. The number of halogens is 3. The zero-order valence-corrected chi connectivity index (χ0v) is 17.5. The van der Waals surface area contributed by atoms with Gasteiger partial charge in [0.15, 0.2) is 5.69 Å². The summed E-state index contributed by atoms with van der Waals surface area (Å²) in [6.45, 7) is 1.86. The fourth-order valence-corrected chi connectivity index (χ4v) is 3.13. The van der Waals surface area contributed by atoms with Gasteiger partial charge in [-0.3, -0.25) is 14.6 Å². The third kappa shape index (κ3) is 5.20. The van der Waals surface area contributed by atoms with Crippen molar-refractivity contribution in [2.24, 2.45) is 0 Å². The Kier molecular flexibility index (Phi) is 7.04. The Labute approximate surface area is 182 Å². The van der Waals surface area contributed by atoms with Crippen LogP contribution in [0.5, 0.6) is 0 Å². The highest BCUT2D eigenvalue weighted by Crippen LogP contribution is 2.33. The van der Waals surface area contributed by atoms with E-state index in [4.69, 9.17) is 4.74 Å². The predicted octanol–water partition coefficient (Wildman–Crippen LogP) is 3.24. The summed E-state index contributed by atoms with van der Waals surface area (Å²) in [6.07, 6.45) is -3.07. The zero-order valence-electron chi connectivity index (χ0n) is 17.5. The van der Waals surface area contributed by atoms with Crippen molar-refractivity contribution in [3.63, 3.8) is 0 Å². The van der Waals surface area contributed by atoms with Crippen LogP contribution < -0.4 is 5.43 Å². The highest BCUT2D eigenvalue weighted by molar-refractivity contribution is 5.92. The number of benzene rings is 1. The zero-order chi connectivity index (χ0) is 23.3. The molecular formula is C22H21F3N4O3. The van der Waals surface area contributed by atoms with E-state index in [-0.39, 0.29) is 31.1 Å². The summed E-state index contributed by atoms with van der Waals surface area (Å²) in [4.78, 5) is 31.3. The van der Waals surface area contributed by atoms with Crippen LogP contribution in [0.15, 0.2) is 59.5 Å². The molecule has 7 nitrogen and oxygen atoms in total. The van der Waals surface area contributed by atoms with E-state index in [0.29, 0.717) is 5.69 Å². The van der Waals surface area contributed by atoms with Crippen molar-refractivity contribution in [2.75, 3.05) is 20.3 Å². The lowest BCUT2D eigenvalue weighted by Gasteiger charge is -2.22. The summed E-state index contributed by atoms with van der Waals surface area (Å²) in [6, 6.07) is 11.1. The van der Waals surface area contributed by atoms with Gasteiger partial charge >= 0.3 is 6.18 Å². The van der Waals surface area contributed by atoms with Gasteiger partial charge in [-0.25, -0.2) is 4.68 Å². The normalized spacial score (nSPS) is 11.4. The smallest absolute Gasteiger partial charge is 0.383 e. The lowest BCUT2D eigenvalue weighted by molar-refractivity contribution is -0.137. The summed E-state index contributed by atoms with van der Waals surface area (Å²) in [5.74, 6) is -0.726. The Morgan fingerprint density at radius 2 is 1.88 bits per heavy atom. The number of hydrogen-bond donors (Lipinski definition) is 0. The number of hydrogen-bond acceptors (Lipinski definition) is 5. The molecule has 0 aliphatic carbocycles. The molecule has 0 spiro atoms. The molecule has 0 fully saturated rings. The molecular weight excluding hydrogens is 425 g/mol. The van der Waals surface area contributed by atoms with Crippen LogP contribution in [-0.2, 0) is 17.5 Å². The van der Waals surface area contributed by atoms with Gasteiger partial charge in [-0.05, 0) is 31.2 Å². The molecule has 0 aliphatic rings. The number of alkyl halides is 3. The van der Waals surface area contributed by atoms with Crippen LogP contribution in [0.2, 0.25) is 0 Å². The number of aromatic nitrogens is 3. The minimum absolute atomic E-state index is 0.0805. The number of pyridine rings is 1. The van der Waals surface area contributed by atoms with Crippen molar-refractivity contribution in [3.05, 3.63) is 87.6 Å². The second kappa shape index (κ2) is 9.73. The predicted molar refractivity (Wildman–Crippen MR) is 110 cm³/mol. The lowest BCUT2D eigenvalue weighted by atomic mass is 10.1. The molecule has 0 unspecified atom stereocenters. The fourth-order valence-electron chi connectivity index (χ4n) is 3.13. The molecule has 32 heavy (non-hydrogen) atoms. The second-order valence-electron chi connectivity index (χ2n) is 6.97. The Morgan fingerprint density at radius 1 is 1.16 bits per heavy atom. The van der Waals surface area contributed by atoms with Gasteiger partial charge in [-0.1, -0.05) is 18.2 Å². The van der Waals surface area contributed by atoms with Crippen molar-refractivity contribution >= 4 is 5.91 Å². The number of ether oxygens (including phenoxy) is 1. The van der Waals surface area contributed by atoms with Crippen molar-refractivity contribution < 1.29 is 22.7 Å². The average Bonchev–Trinajstić information content (AvgIpc) is 2.76. The molecule has 0 N–H and O–H groups in total. The van der Waals surface area contributed by atoms with Gasteiger partial charge < -0.3 is 9.64 Å². The maximum Gasteiger partial charge on any atom is 0.418 e. The molecule has 0 saturated heterocycles. The minimum Gasteiger partial charge on any atom is -0.383 e. The number of methoxy groups -OCH3 is 1. The molecule has 0 aliphatic heterocycles. The van der Waals surface area contributed by atoms with Gasteiger partial charge in [-0.15, -0.1) is 0 Å². The Hall–Kier alpha value is -3.53. The molecule has 0 saturated carbocycles. The third-order valence-corrected chi connectivity index (χ3v) is 4.68. The number of rotatable bonds is 7. The van der Waals surface area contributed by atoms with Crippen molar-refractivity contribution in [1.82, 2.24) is 19.7 Å².